The average molecular weight is 303 g/mol. The fourth-order valence-corrected chi connectivity index (χ4v) is 5.66. The first kappa shape index (κ1) is 18.2. The van der Waals surface area contributed by atoms with E-state index in [-0.39, 0.29) is 37.0 Å². The number of halogens is 4. The van der Waals surface area contributed by atoms with Gasteiger partial charge in [-0.3, -0.25) is 16.4 Å². The van der Waals surface area contributed by atoms with E-state index < -0.39 is 17.5 Å². The highest BCUT2D eigenvalue weighted by Gasteiger charge is 2.36. The lowest BCUT2D eigenvalue weighted by Gasteiger charge is -2.14. The molecule has 0 fully saturated rings. The highest BCUT2D eigenvalue weighted by Crippen LogP contribution is 2.28. The normalized spacial score (nSPS) is 13.0. The van der Waals surface area contributed by atoms with E-state index in [9.17, 15) is 16.4 Å². The molecule has 0 aromatic rings. The van der Waals surface area contributed by atoms with Gasteiger partial charge in [0.05, 0.1) is 0 Å². The molecule has 0 amide bonds. The van der Waals surface area contributed by atoms with Gasteiger partial charge in [0.2, 0.25) is 0 Å². The Labute approximate surface area is 111 Å². The van der Waals surface area contributed by atoms with Crippen LogP contribution in [0.2, 0.25) is 24.2 Å². The molecule has 0 heterocycles. The van der Waals surface area contributed by atoms with Crippen molar-refractivity contribution in [3.05, 3.63) is 0 Å². The Kier molecular flexibility index (Phi) is 9.20. The van der Waals surface area contributed by atoms with Crippen LogP contribution in [-0.4, -0.2) is 17.5 Å². The minimum Gasteiger partial charge on any atom is -0.270 e. The number of rotatable bonds is 11. The summed E-state index contributed by atoms with van der Waals surface area (Å²) in [6.45, 7) is 3.79. The molecular weight excluding hydrogens is 276 g/mol. The van der Waals surface area contributed by atoms with Gasteiger partial charge in [-0.15, -0.1) is 0 Å². The molecule has 0 aliphatic carbocycles. The van der Waals surface area contributed by atoms with E-state index in [1.807, 2.05) is 13.8 Å². The molecule has 0 radical (unpaired) electrons. The Hall–Kier alpha value is 0.154. The van der Waals surface area contributed by atoms with Gasteiger partial charge >= 0.3 is 17.5 Å². The Morgan fingerprint density at radius 3 is 1.11 bits per heavy atom. The first-order valence-electron chi connectivity index (χ1n) is 7.08. The third kappa shape index (κ3) is 10.1. The predicted molar refractivity (Wildman–Crippen MR) is 74.2 cm³/mol. The molecule has 0 N–H and O–H groups in total. The van der Waals surface area contributed by atoms with Gasteiger partial charge in [0.15, 0.2) is 0 Å². The van der Waals surface area contributed by atoms with Gasteiger partial charge in [0, 0.05) is 0 Å². The summed E-state index contributed by atoms with van der Waals surface area (Å²) in [5.41, 5.74) is 0. The van der Waals surface area contributed by atoms with Crippen LogP contribution < -0.4 is 0 Å². The summed E-state index contributed by atoms with van der Waals surface area (Å²) >= 11 is 0. The molecule has 0 aromatic carbocycles. The van der Waals surface area contributed by atoms with E-state index in [1.165, 1.54) is 0 Å². The highest BCUT2D eigenvalue weighted by atomic mass is 28.4. The topological polar surface area (TPSA) is 0 Å². The molecule has 0 aliphatic rings. The maximum atomic E-state index is 13.4. The predicted octanol–water partition coefficient (Wildman–Crippen LogP) is 6.13. The van der Waals surface area contributed by atoms with E-state index in [2.05, 4.69) is 0 Å². The molecule has 18 heavy (non-hydrogen) atoms. The molecular formula is C12H26F4Si2. The van der Waals surface area contributed by atoms with Crippen molar-refractivity contribution in [3.63, 3.8) is 0 Å². The van der Waals surface area contributed by atoms with Crippen molar-refractivity contribution >= 4 is 17.5 Å². The van der Waals surface area contributed by atoms with Crippen LogP contribution in [0.3, 0.4) is 0 Å². The first-order valence-corrected chi connectivity index (χ1v) is 11.4. The Balaban J connectivity index is 3.71. The Bertz CT molecular complexity index is 188. The van der Waals surface area contributed by atoms with Gasteiger partial charge in [-0.2, -0.15) is 0 Å². The van der Waals surface area contributed by atoms with Crippen LogP contribution in [0, 0.1) is 0 Å². The van der Waals surface area contributed by atoms with Gasteiger partial charge in [0.25, 0.3) is 0 Å². The van der Waals surface area contributed by atoms with Crippen molar-refractivity contribution in [2.75, 3.05) is 0 Å². The molecule has 0 saturated carbocycles. The molecule has 0 aliphatic heterocycles. The van der Waals surface area contributed by atoms with Crippen molar-refractivity contribution in [3.8, 4) is 0 Å². The summed E-state index contributed by atoms with van der Waals surface area (Å²) in [4.78, 5) is 0. The molecule has 0 bridgehead atoms. The van der Waals surface area contributed by atoms with Gasteiger partial charge in [0.1, 0.15) is 0 Å². The summed E-state index contributed by atoms with van der Waals surface area (Å²) in [5.74, 6) is 0. The van der Waals surface area contributed by atoms with Crippen LogP contribution in [0.5, 0.6) is 0 Å². The number of hydrogen-bond donors (Lipinski definition) is 0. The third-order valence-corrected chi connectivity index (χ3v) is 7.47. The molecule has 0 spiro atoms. The Morgan fingerprint density at radius 2 is 0.833 bits per heavy atom. The van der Waals surface area contributed by atoms with E-state index >= 15 is 0 Å². The maximum absolute atomic E-state index is 13.4. The van der Waals surface area contributed by atoms with Gasteiger partial charge in [-0.1, -0.05) is 52.4 Å². The smallest absolute Gasteiger partial charge is 0.270 e. The molecule has 0 unspecified atom stereocenters. The van der Waals surface area contributed by atoms with Crippen LogP contribution in [0.25, 0.3) is 0 Å². The van der Waals surface area contributed by atoms with E-state index in [1.54, 1.807) is 0 Å². The van der Waals surface area contributed by atoms with E-state index in [0.29, 0.717) is 12.8 Å². The highest BCUT2D eigenvalue weighted by molar-refractivity contribution is 6.66. The quantitative estimate of drug-likeness (QED) is 0.186. The maximum Gasteiger partial charge on any atom is 0.425 e. The van der Waals surface area contributed by atoms with Crippen molar-refractivity contribution in [2.45, 2.75) is 76.5 Å². The zero-order valence-electron chi connectivity index (χ0n) is 11.6. The monoisotopic (exact) mass is 302 g/mol. The molecule has 0 atom stereocenters. The summed E-state index contributed by atoms with van der Waals surface area (Å²) in [7, 11) is -8.15. The van der Waals surface area contributed by atoms with E-state index in [4.69, 9.17) is 0 Å². The van der Waals surface area contributed by atoms with Gasteiger partial charge in [-0.25, -0.2) is 0 Å². The molecule has 0 nitrogen and oxygen atoms in total. The van der Waals surface area contributed by atoms with E-state index in [0.717, 1.165) is 12.8 Å². The van der Waals surface area contributed by atoms with Crippen molar-refractivity contribution in [1.29, 1.82) is 0 Å². The second kappa shape index (κ2) is 9.12. The molecule has 6 heteroatoms. The van der Waals surface area contributed by atoms with Crippen LogP contribution in [0.1, 0.15) is 52.4 Å². The van der Waals surface area contributed by atoms with Crippen LogP contribution in [0.15, 0.2) is 0 Å². The molecule has 0 rings (SSSR count). The van der Waals surface area contributed by atoms with Crippen LogP contribution >= 0.6 is 0 Å². The Morgan fingerprint density at radius 1 is 0.556 bits per heavy atom. The fourth-order valence-electron chi connectivity index (χ4n) is 1.89. The van der Waals surface area contributed by atoms with Crippen LogP contribution in [-0.2, 0) is 0 Å². The lowest BCUT2D eigenvalue weighted by atomic mass is 10.4. The largest absolute Gasteiger partial charge is 0.425 e. The lowest BCUT2D eigenvalue weighted by Crippen LogP contribution is -2.23. The zero-order valence-corrected chi connectivity index (χ0v) is 13.6. The first-order chi connectivity index (χ1) is 8.33. The minimum atomic E-state index is -4.08. The average Bonchev–Trinajstić information content (AvgIpc) is 2.30. The standard InChI is InChI=1S/C12H26F4Si2/c1-3-5-9-17(13,14)11-7-8-12-18(15,16)10-6-4-2/h3-12H2,1-2H3. The lowest BCUT2D eigenvalue weighted by molar-refractivity contribution is 0.547. The second-order valence-corrected chi connectivity index (χ2v) is 10.5. The van der Waals surface area contributed by atoms with Crippen molar-refractivity contribution in [1.82, 2.24) is 0 Å². The number of unbranched alkanes of at least 4 members (excludes halogenated alkanes) is 3. The van der Waals surface area contributed by atoms with Gasteiger partial charge in [-0.05, 0) is 24.2 Å². The molecule has 110 valence electrons. The minimum absolute atomic E-state index is 0.0349. The number of hydrogen-bond acceptors (Lipinski definition) is 0. The fraction of sp³-hybridized carbons (Fsp3) is 1.00. The summed E-state index contributed by atoms with van der Waals surface area (Å²) in [6.07, 6.45) is 3.28. The third-order valence-electron chi connectivity index (χ3n) is 3.13. The summed E-state index contributed by atoms with van der Waals surface area (Å²) < 4.78 is 53.6. The van der Waals surface area contributed by atoms with Crippen LogP contribution in [0.4, 0.5) is 16.4 Å². The summed E-state index contributed by atoms with van der Waals surface area (Å²) in [6, 6.07) is -0.114. The molecule has 0 aromatic heterocycles. The van der Waals surface area contributed by atoms with Crippen molar-refractivity contribution < 1.29 is 16.4 Å². The SMILES string of the molecule is CCCC[Si](F)(F)CCCC[Si](F)(F)CCCC. The summed E-state index contributed by atoms with van der Waals surface area (Å²) in [5, 5.41) is 0. The second-order valence-electron chi connectivity index (χ2n) is 5.13. The zero-order chi connectivity index (χ0) is 14.1. The van der Waals surface area contributed by atoms with Gasteiger partial charge < -0.3 is 0 Å². The molecule has 0 saturated heterocycles. The van der Waals surface area contributed by atoms with Crippen molar-refractivity contribution in [2.24, 2.45) is 0 Å².